The molecule has 0 bridgehead atoms. The summed E-state index contributed by atoms with van der Waals surface area (Å²) >= 11 is 0. The highest BCUT2D eigenvalue weighted by Crippen LogP contribution is 2.25. The third kappa shape index (κ3) is 7.03. The molecule has 0 spiro atoms. The molecular formula is C32H40N4O3. The van der Waals surface area contributed by atoms with Gasteiger partial charge >= 0.3 is 0 Å². The summed E-state index contributed by atoms with van der Waals surface area (Å²) in [7, 11) is 1.69. The average Bonchev–Trinajstić information content (AvgIpc) is 2.95. The summed E-state index contributed by atoms with van der Waals surface area (Å²) < 4.78 is 1.52. The van der Waals surface area contributed by atoms with Crippen LogP contribution in [0.3, 0.4) is 0 Å². The number of amides is 2. The molecule has 3 aromatic rings. The van der Waals surface area contributed by atoms with E-state index in [1.165, 1.54) is 4.57 Å². The van der Waals surface area contributed by atoms with E-state index >= 15 is 0 Å². The van der Waals surface area contributed by atoms with Gasteiger partial charge in [-0.15, -0.1) is 0 Å². The van der Waals surface area contributed by atoms with Gasteiger partial charge in [-0.05, 0) is 55.1 Å². The molecule has 2 amide bonds. The van der Waals surface area contributed by atoms with Crippen LogP contribution in [0.4, 0.5) is 5.69 Å². The van der Waals surface area contributed by atoms with Crippen molar-refractivity contribution >= 4 is 17.5 Å². The Labute approximate surface area is 231 Å². The first-order valence-electron chi connectivity index (χ1n) is 13.8. The summed E-state index contributed by atoms with van der Waals surface area (Å²) in [6.07, 6.45) is 1.14. The van der Waals surface area contributed by atoms with Crippen LogP contribution >= 0.6 is 0 Å². The topological polar surface area (TPSA) is 65.9 Å². The fourth-order valence-corrected chi connectivity index (χ4v) is 5.20. The van der Waals surface area contributed by atoms with Gasteiger partial charge in [0, 0.05) is 51.2 Å². The van der Waals surface area contributed by atoms with E-state index in [0.29, 0.717) is 38.5 Å². The molecule has 7 heteroatoms. The van der Waals surface area contributed by atoms with Crippen molar-refractivity contribution in [3.05, 3.63) is 99.5 Å². The van der Waals surface area contributed by atoms with Gasteiger partial charge in [0.15, 0.2) is 0 Å². The van der Waals surface area contributed by atoms with Gasteiger partial charge in [-0.25, -0.2) is 0 Å². The molecule has 7 nitrogen and oxygen atoms in total. The largest absolute Gasteiger partial charge is 0.333 e. The number of hydrogen-bond donors (Lipinski definition) is 0. The molecule has 1 aliphatic heterocycles. The van der Waals surface area contributed by atoms with Crippen LogP contribution in [0.25, 0.3) is 0 Å². The lowest BCUT2D eigenvalue weighted by Crippen LogP contribution is -2.42. The minimum Gasteiger partial charge on any atom is -0.333 e. The Balaban J connectivity index is 1.71. The highest BCUT2D eigenvalue weighted by molar-refractivity contribution is 5.96. The van der Waals surface area contributed by atoms with Crippen LogP contribution in [-0.4, -0.2) is 58.9 Å². The molecule has 0 atom stereocenters. The zero-order valence-electron chi connectivity index (χ0n) is 23.6. The van der Waals surface area contributed by atoms with E-state index in [2.05, 4.69) is 18.7 Å². The predicted molar refractivity (Wildman–Crippen MR) is 156 cm³/mol. The number of carbonyl (C=O) groups excluding carboxylic acids is 2. The van der Waals surface area contributed by atoms with Crippen molar-refractivity contribution in [1.82, 2.24) is 14.4 Å². The maximum Gasteiger partial charge on any atom is 0.263 e. The van der Waals surface area contributed by atoms with Crippen LogP contribution in [0.2, 0.25) is 0 Å². The van der Waals surface area contributed by atoms with Gasteiger partial charge in [-0.3, -0.25) is 14.4 Å². The molecule has 0 radical (unpaired) electrons. The Kier molecular flexibility index (Phi) is 9.36. The molecule has 0 fully saturated rings. The first-order valence-corrected chi connectivity index (χ1v) is 13.8. The van der Waals surface area contributed by atoms with Crippen molar-refractivity contribution < 1.29 is 9.59 Å². The summed E-state index contributed by atoms with van der Waals surface area (Å²) in [6, 6.07) is 21.1. The smallest absolute Gasteiger partial charge is 0.263 e. The van der Waals surface area contributed by atoms with Gasteiger partial charge in [0.25, 0.3) is 11.5 Å². The summed E-state index contributed by atoms with van der Waals surface area (Å²) in [6.45, 7) is 10.1. The van der Waals surface area contributed by atoms with Crippen LogP contribution in [-0.2, 0) is 24.8 Å². The second kappa shape index (κ2) is 12.9. The number of aryl methyl sites for hydroxylation is 1. The number of carbonyl (C=O) groups is 2. The number of anilines is 1. The fourth-order valence-electron chi connectivity index (χ4n) is 5.20. The lowest BCUT2D eigenvalue weighted by molar-refractivity contribution is -0.118. The Morgan fingerprint density at radius 3 is 2.33 bits per heavy atom. The first kappa shape index (κ1) is 28.3. The minimum atomic E-state index is -0.290. The summed E-state index contributed by atoms with van der Waals surface area (Å²) in [5.41, 5.74) is 3.38. The number of pyridine rings is 1. The number of rotatable bonds is 5. The summed E-state index contributed by atoms with van der Waals surface area (Å²) in [4.78, 5) is 46.6. The van der Waals surface area contributed by atoms with Crippen molar-refractivity contribution in [3.8, 4) is 0 Å². The van der Waals surface area contributed by atoms with E-state index < -0.39 is 0 Å². The van der Waals surface area contributed by atoms with Crippen molar-refractivity contribution in [1.29, 1.82) is 0 Å². The highest BCUT2D eigenvalue weighted by atomic mass is 16.2. The molecule has 0 unspecified atom stereocenters. The highest BCUT2D eigenvalue weighted by Gasteiger charge is 2.26. The minimum absolute atomic E-state index is 0.0357. The van der Waals surface area contributed by atoms with Gasteiger partial charge < -0.3 is 19.3 Å². The Morgan fingerprint density at radius 2 is 1.59 bits per heavy atom. The third-order valence-corrected chi connectivity index (χ3v) is 7.38. The van der Waals surface area contributed by atoms with Crippen LogP contribution < -0.4 is 10.5 Å². The number of nitrogens with zero attached hydrogens (tertiary/aromatic N) is 4. The zero-order valence-corrected chi connectivity index (χ0v) is 23.6. The number of fused-ring (bicyclic) bond motifs is 1. The van der Waals surface area contributed by atoms with E-state index in [1.807, 2.05) is 72.5 Å². The van der Waals surface area contributed by atoms with Gasteiger partial charge in [0.05, 0.1) is 6.42 Å². The molecular weight excluding hydrogens is 488 g/mol. The molecule has 1 aromatic heterocycles. The van der Waals surface area contributed by atoms with Gasteiger partial charge in [-0.2, -0.15) is 0 Å². The second-order valence-electron chi connectivity index (χ2n) is 10.9. The van der Waals surface area contributed by atoms with E-state index in [0.717, 1.165) is 42.0 Å². The lowest BCUT2D eigenvalue weighted by atomic mass is 10.1. The molecule has 2 aromatic carbocycles. The number of benzene rings is 2. The van der Waals surface area contributed by atoms with E-state index in [9.17, 15) is 14.4 Å². The Morgan fingerprint density at radius 1 is 0.872 bits per heavy atom. The normalized spacial score (nSPS) is 15.1. The third-order valence-electron chi connectivity index (χ3n) is 7.38. The quantitative estimate of drug-likeness (QED) is 0.496. The first-order chi connectivity index (χ1) is 18.7. The fraction of sp³-hybridized carbons (Fsp3) is 0.406. The maximum atomic E-state index is 13.8. The van der Waals surface area contributed by atoms with Gasteiger partial charge in [0.2, 0.25) is 5.91 Å². The molecule has 0 aliphatic carbocycles. The number of hydrogen-bond acceptors (Lipinski definition) is 4. The van der Waals surface area contributed by atoms with Crippen molar-refractivity contribution in [2.75, 3.05) is 37.6 Å². The van der Waals surface area contributed by atoms with Crippen LogP contribution in [0.5, 0.6) is 0 Å². The zero-order chi connectivity index (χ0) is 27.9. The SMILES string of the molecule is Cc1ccc(C(=O)N2CCN(CC(C)C)CCCN(C(=O)Cc3ccccc3)c3ccccc3C2)c(=O)n1C. The number of aromatic nitrogens is 1. The molecule has 1 aliphatic rings. The van der Waals surface area contributed by atoms with Gasteiger partial charge in [0.1, 0.15) is 5.56 Å². The van der Waals surface area contributed by atoms with Crippen molar-refractivity contribution in [2.45, 2.75) is 40.2 Å². The molecule has 0 N–H and O–H groups in total. The molecule has 206 valence electrons. The number of para-hydroxylation sites is 1. The van der Waals surface area contributed by atoms with Crippen molar-refractivity contribution in [3.63, 3.8) is 0 Å². The van der Waals surface area contributed by atoms with E-state index in [-0.39, 0.29) is 22.9 Å². The monoisotopic (exact) mass is 528 g/mol. The van der Waals surface area contributed by atoms with Crippen LogP contribution in [0, 0.1) is 12.8 Å². The lowest BCUT2D eigenvalue weighted by Gasteiger charge is -2.29. The molecule has 2 heterocycles. The second-order valence-corrected chi connectivity index (χ2v) is 10.9. The molecule has 0 saturated heterocycles. The standard InChI is InChI=1S/C32H40N4O3/c1-24(2)22-34-17-10-18-36(30(37)21-26-11-6-5-7-12-26)29-14-9-8-13-27(29)23-35(20-19-34)32(39)28-16-15-25(3)33(4)31(28)38/h5-9,11-16,24H,10,17-23H2,1-4H3. The average molecular weight is 529 g/mol. The summed E-state index contributed by atoms with van der Waals surface area (Å²) in [5.74, 6) is 0.224. The molecule has 39 heavy (non-hydrogen) atoms. The van der Waals surface area contributed by atoms with Crippen LogP contribution in [0.1, 0.15) is 47.4 Å². The summed E-state index contributed by atoms with van der Waals surface area (Å²) in [5, 5.41) is 0. The van der Waals surface area contributed by atoms with E-state index in [4.69, 9.17) is 0 Å². The Hall–Kier alpha value is -3.71. The maximum absolute atomic E-state index is 13.8. The van der Waals surface area contributed by atoms with Gasteiger partial charge in [-0.1, -0.05) is 62.4 Å². The van der Waals surface area contributed by atoms with E-state index in [1.54, 1.807) is 18.0 Å². The van der Waals surface area contributed by atoms with Crippen LogP contribution in [0.15, 0.2) is 71.5 Å². The Bertz CT molecular complexity index is 1350. The molecule has 4 rings (SSSR count). The van der Waals surface area contributed by atoms with Crippen molar-refractivity contribution in [2.24, 2.45) is 13.0 Å². The molecule has 0 saturated carbocycles. The predicted octanol–water partition coefficient (Wildman–Crippen LogP) is 4.27.